The van der Waals surface area contributed by atoms with Gasteiger partial charge in [0.25, 0.3) is 0 Å². The number of thiophene rings is 1. The van der Waals surface area contributed by atoms with Crippen molar-refractivity contribution in [2.45, 2.75) is 0 Å². The SMILES string of the molecule is COc1c(O)ccc2cc(C=O)sc12. The largest absolute Gasteiger partial charge is 0.504 e. The second-order valence-corrected chi connectivity index (χ2v) is 3.89. The number of phenols is 1. The number of methoxy groups -OCH3 is 1. The summed E-state index contributed by atoms with van der Waals surface area (Å²) >= 11 is 1.31. The van der Waals surface area contributed by atoms with E-state index in [-0.39, 0.29) is 5.75 Å². The van der Waals surface area contributed by atoms with Crippen LogP contribution in [0.3, 0.4) is 0 Å². The summed E-state index contributed by atoms with van der Waals surface area (Å²) in [5.74, 6) is 0.528. The fraction of sp³-hybridized carbons (Fsp3) is 0.100. The van der Waals surface area contributed by atoms with Gasteiger partial charge in [0.05, 0.1) is 16.7 Å². The number of benzene rings is 1. The summed E-state index contributed by atoms with van der Waals surface area (Å²) in [7, 11) is 1.49. The summed E-state index contributed by atoms with van der Waals surface area (Å²) < 4.78 is 5.86. The minimum Gasteiger partial charge on any atom is -0.504 e. The molecule has 1 aromatic carbocycles. The van der Waals surface area contributed by atoms with E-state index in [2.05, 4.69) is 0 Å². The Kier molecular flexibility index (Phi) is 2.13. The molecule has 1 N–H and O–H groups in total. The molecule has 3 nitrogen and oxygen atoms in total. The van der Waals surface area contributed by atoms with Gasteiger partial charge in [0, 0.05) is 0 Å². The lowest BCUT2D eigenvalue weighted by Gasteiger charge is -2.02. The topological polar surface area (TPSA) is 46.5 Å². The normalized spacial score (nSPS) is 10.4. The summed E-state index contributed by atoms with van der Waals surface area (Å²) in [6.45, 7) is 0. The molecule has 0 amide bonds. The van der Waals surface area contributed by atoms with Gasteiger partial charge in [0.1, 0.15) is 0 Å². The molecule has 0 aliphatic rings. The van der Waals surface area contributed by atoms with Crippen LogP contribution in [0.1, 0.15) is 9.67 Å². The Labute approximate surface area is 84.6 Å². The van der Waals surface area contributed by atoms with Crippen molar-refractivity contribution in [2.24, 2.45) is 0 Å². The maximum atomic E-state index is 10.6. The minimum absolute atomic E-state index is 0.0966. The van der Waals surface area contributed by atoms with Crippen LogP contribution >= 0.6 is 11.3 Å². The lowest BCUT2D eigenvalue weighted by Crippen LogP contribution is -1.82. The van der Waals surface area contributed by atoms with Crippen LogP contribution in [0.4, 0.5) is 0 Å². The third-order valence-corrected chi connectivity index (χ3v) is 3.03. The Balaban J connectivity index is 2.79. The van der Waals surface area contributed by atoms with Crippen molar-refractivity contribution in [3.8, 4) is 11.5 Å². The smallest absolute Gasteiger partial charge is 0.178 e. The quantitative estimate of drug-likeness (QED) is 0.771. The van der Waals surface area contributed by atoms with E-state index < -0.39 is 0 Å². The Bertz CT molecular complexity index is 487. The Hall–Kier alpha value is -1.55. The standard InChI is InChI=1S/C10H8O3S/c1-13-9-8(12)3-2-6-4-7(5-11)14-10(6)9/h2-5,12H,1H3. The first-order valence-electron chi connectivity index (χ1n) is 4.01. The molecule has 1 aromatic heterocycles. The van der Waals surface area contributed by atoms with E-state index in [9.17, 15) is 9.90 Å². The molecule has 1 heterocycles. The van der Waals surface area contributed by atoms with E-state index in [0.717, 1.165) is 16.4 Å². The molecule has 72 valence electrons. The molecular formula is C10H8O3S. The van der Waals surface area contributed by atoms with Crippen LogP contribution in [0, 0.1) is 0 Å². The fourth-order valence-corrected chi connectivity index (χ4v) is 2.34. The van der Waals surface area contributed by atoms with Gasteiger partial charge in [-0.25, -0.2) is 0 Å². The predicted molar refractivity (Wildman–Crippen MR) is 55.4 cm³/mol. The Morgan fingerprint density at radius 3 is 2.93 bits per heavy atom. The van der Waals surface area contributed by atoms with Crippen molar-refractivity contribution in [1.29, 1.82) is 0 Å². The number of hydrogen-bond acceptors (Lipinski definition) is 4. The van der Waals surface area contributed by atoms with Gasteiger partial charge in [-0.1, -0.05) is 0 Å². The Morgan fingerprint density at radius 2 is 2.29 bits per heavy atom. The highest BCUT2D eigenvalue weighted by molar-refractivity contribution is 7.20. The molecular weight excluding hydrogens is 200 g/mol. The lowest BCUT2D eigenvalue weighted by molar-refractivity contribution is 0.112. The van der Waals surface area contributed by atoms with Crippen LogP contribution < -0.4 is 4.74 Å². The van der Waals surface area contributed by atoms with Crippen LogP contribution in [0.5, 0.6) is 11.5 Å². The molecule has 0 fully saturated rings. The summed E-state index contributed by atoms with van der Waals surface area (Å²) in [6.07, 6.45) is 0.793. The van der Waals surface area contributed by atoms with E-state index in [0.29, 0.717) is 10.6 Å². The van der Waals surface area contributed by atoms with Crippen LogP contribution in [0.25, 0.3) is 10.1 Å². The van der Waals surface area contributed by atoms with Crippen molar-refractivity contribution >= 4 is 27.7 Å². The maximum absolute atomic E-state index is 10.6. The van der Waals surface area contributed by atoms with E-state index in [1.54, 1.807) is 18.2 Å². The van der Waals surface area contributed by atoms with E-state index in [1.807, 2.05) is 0 Å². The summed E-state index contributed by atoms with van der Waals surface area (Å²) in [4.78, 5) is 11.2. The summed E-state index contributed by atoms with van der Waals surface area (Å²) in [5.41, 5.74) is 0. The van der Waals surface area contributed by atoms with E-state index in [4.69, 9.17) is 4.74 Å². The molecule has 0 bridgehead atoms. The van der Waals surface area contributed by atoms with Crippen LogP contribution in [0.2, 0.25) is 0 Å². The zero-order valence-electron chi connectivity index (χ0n) is 7.48. The number of carbonyl (C=O) groups excluding carboxylic acids is 1. The highest BCUT2D eigenvalue weighted by atomic mass is 32.1. The van der Waals surface area contributed by atoms with Crippen LogP contribution in [0.15, 0.2) is 18.2 Å². The number of ether oxygens (including phenoxy) is 1. The van der Waals surface area contributed by atoms with Crippen molar-refractivity contribution in [3.05, 3.63) is 23.1 Å². The number of aldehydes is 1. The first-order valence-corrected chi connectivity index (χ1v) is 4.82. The van der Waals surface area contributed by atoms with Gasteiger partial charge < -0.3 is 9.84 Å². The number of phenolic OH excluding ortho intramolecular Hbond substituents is 1. The van der Waals surface area contributed by atoms with Gasteiger partial charge in [-0.3, -0.25) is 4.79 Å². The number of carbonyl (C=O) groups is 1. The van der Waals surface area contributed by atoms with Crippen molar-refractivity contribution in [1.82, 2.24) is 0 Å². The second-order valence-electron chi connectivity index (χ2n) is 2.80. The third-order valence-electron chi connectivity index (χ3n) is 1.96. The molecule has 0 spiro atoms. The van der Waals surface area contributed by atoms with Gasteiger partial charge in [0.15, 0.2) is 17.8 Å². The first kappa shape index (κ1) is 9.02. The van der Waals surface area contributed by atoms with Crippen molar-refractivity contribution < 1.29 is 14.6 Å². The maximum Gasteiger partial charge on any atom is 0.178 e. The summed E-state index contributed by atoms with van der Waals surface area (Å²) in [6, 6.07) is 5.09. The summed E-state index contributed by atoms with van der Waals surface area (Å²) in [5, 5.41) is 10.4. The lowest BCUT2D eigenvalue weighted by atomic mass is 10.2. The highest BCUT2D eigenvalue weighted by Gasteiger charge is 2.10. The average Bonchev–Trinajstić information content (AvgIpc) is 2.60. The zero-order valence-corrected chi connectivity index (χ0v) is 8.30. The number of aromatic hydroxyl groups is 1. The molecule has 0 saturated heterocycles. The number of hydrogen-bond donors (Lipinski definition) is 1. The molecule has 4 heteroatoms. The molecule has 2 aromatic rings. The molecule has 0 unspecified atom stereocenters. The van der Waals surface area contributed by atoms with Crippen LogP contribution in [-0.2, 0) is 0 Å². The first-order chi connectivity index (χ1) is 6.76. The van der Waals surface area contributed by atoms with Gasteiger partial charge in [-0.05, 0) is 23.6 Å². The van der Waals surface area contributed by atoms with Crippen LogP contribution in [-0.4, -0.2) is 18.5 Å². The molecule has 0 saturated carbocycles. The fourth-order valence-electron chi connectivity index (χ4n) is 1.34. The van der Waals surface area contributed by atoms with Crippen molar-refractivity contribution in [3.63, 3.8) is 0 Å². The van der Waals surface area contributed by atoms with E-state index in [1.165, 1.54) is 18.4 Å². The monoisotopic (exact) mass is 208 g/mol. The minimum atomic E-state index is 0.0966. The molecule has 14 heavy (non-hydrogen) atoms. The van der Waals surface area contributed by atoms with Gasteiger partial charge in [-0.15, -0.1) is 11.3 Å². The van der Waals surface area contributed by atoms with Crippen molar-refractivity contribution in [2.75, 3.05) is 7.11 Å². The van der Waals surface area contributed by atoms with Gasteiger partial charge in [0.2, 0.25) is 0 Å². The molecule has 2 rings (SSSR count). The predicted octanol–water partition coefficient (Wildman–Crippen LogP) is 2.43. The third kappa shape index (κ3) is 1.24. The number of fused-ring (bicyclic) bond motifs is 1. The van der Waals surface area contributed by atoms with Gasteiger partial charge in [-0.2, -0.15) is 0 Å². The number of rotatable bonds is 2. The average molecular weight is 208 g/mol. The highest BCUT2D eigenvalue weighted by Crippen LogP contribution is 2.39. The second kappa shape index (κ2) is 3.31. The Morgan fingerprint density at radius 1 is 1.50 bits per heavy atom. The van der Waals surface area contributed by atoms with Gasteiger partial charge >= 0.3 is 0 Å². The molecule has 0 aliphatic carbocycles. The van der Waals surface area contributed by atoms with E-state index >= 15 is 0 Å². The molecule has 0 atom stereocenters. The molecule has 0 aliphatic heterocycles. The zero-order chi connectivity index (χ0) is 10.1. The molecule has 0 radical (unpaired) electrons.